The third-order valence-corrected chi connectivity index (χ3v) is 9.36. The molecular formula is C44H32N2. The Kier molecular flexibility index (Phi) is 6.31. The molecule has 46 heavy (non-hydrogen) atoms. The van der Waals surface area contributed by atoms with Crippen LogP contribution in [0.1, 0.15) is 12.8 Å². The zero-order chi connectivity index (χ0) is 30.5. The van der Waals surface area contributed by atoms with E-state index in [1.54, 1.807) is 0 Å². The predicted octanol–water partition coefficient (Wildman–Crippen LogP) is 12.4. The van der Waals surface area contributed by atoms with Crippen molar-refractivity contribution in [2.75, 3.05) is 5.32 Å². The van der Waals surface area contributed by atoms with Crippen molar-refractivity contribution < 1.29 is 0 Å². The van der Waals surface area contributed by atoms with Crippen LogP contribution in [0.3, 0.4) is 0 Å². The van der Waals surface area contributed by atoms with Crippen LogP contribution < -0.4 is 5.32 Å². The topological polar surface area (TPSA) is 17.0 Å². The molecule has 1 N–H and O–H groups in total. The van der Waals surface area contributed by atoms with Crippen molar-refractivity contribution in [2.45, 2.75) is 12.8 Å². The summed E-state index contributed by atoms with van der Waals surface area (Å²) in [6.07, 6.45) is 9.07. The number of nitrogens with zero attached hydrogens (tertiary/aromatic N) is 1. The molecule has 2 nitrogen and oxygen atoms in total. The molecule has 1 heterocycles. The van der Waals surface area contributed by atoms with E-state index in [1.165, 1.54) is 71.3 Å². The van der Waals surface area contributed by atoms with E-state index in [2.05, 4.69) is 174 Å². The van der Waals surface area contributed by atoms with Gasteiger partial charge in [-0.3, -0.25) is 0 Å². The molecular weight excluding hydrogens is 556 g/mol. The maximum Gasteiger partial charge on any atom is 0.0542 e. The average Bonchev–Trinajstić information content (AvgIpc) is 3.46. The Morgan fingerprint density at radius 1 is 0.435 bits per heavy atom. The van der Waals surface area contributed by atoms with Gasteiger partial charge in [0.15, 0.2) is 0 Å². The summed E-state index contributed by atoms with van der Waals surface area (Å²) >= 11 is 0. The molecule has 0 unspecified atom stereocenters. The fraction of sp³-hybridized carbons (Fsp3) is 0.0455. The number of allylic oxidation sites excluding steroid dienone is 4. The van der Waals surface area contributed by atoms with Gasteiger partial charge in [0.25, 0.3) is 0 Å². The standard InChI is InChI=1S/C44H32N2/c1-3-13-30(14-4-1)43-38-20-9-7-17-35(38)36-18-8-10-21-39(36)44(43)31-23-25-32(26-24-31)45-33-27-28-42-40(29-33)37-19-11-12-22-41(37)46(42)34-15-5-2-6-16-34/h1,3-5,7-29,45H,2,6H2. The van der Waals surface area contributed by atoms with E-state index in [-0.39, 0.29) is 0 Å². The molecule has 0 fully saturated rings. The summed E-state index contributed by atoms with van der Waals surface area (Å²) in [4.78, 5) is 0. The highest BCUT2D eigenvalue weighted by atomic mass is 15.0. The smallest absolute Gasteiger partial charge is 0.0542 e. The lowest BCUT2D eigenvalue weighted by Gasteiger charge is -2.19. The third-order valence-electron chi connectivity index (χ3n) is 9.36. The molecule has 0 spiro atoms. The van der Waals surface area contributed by atoms with Gasteiger partial charge in [0.2, 0.25) is 0 Å². The van der Waals surface area contributed by atoms with Crippen LogP contribution in [-0.2, 0) is 0 Å². The Balaban J connectivity index is 1.14. The minimum atomic E-state index is 1.07. The van der Waals surface area contributed by atoms with Crippen LogP contribution in [0.25, 0.3) is 71.3 Å². The molecule has 9 rings (SSSR count). The fourth-order valence-electron chi connectivity index (χ4n) is 7.33. The molecule has 2 heteroatoms. The number of nitrogens with one attached hydrogen (secondary N) is 1. The number of benzene rings is 7. The lowest BCUT2D eigenvalue weighted by atomic mass is 9.85. The number of aromatic nitrogens is 1. The quantitative estimate of drug-likeness (QED) is 0.198. The van der Waals surface area contributed by atoms with Gasteiger partial charge in [0, 0.05) is 27.8 Å². The number of fused-ring (bicyclic) bond motifs is 6. The van der Waals surface area contributed by atoms with E-state index in [0.717, 1.165) is 24.2 Å². The minimum Gasteiger partial charge on any atom is -0.356 e. The maximum absolute atomic E-state index is 3.70. The first-order valence-corrected chi connectivity index (χ1v) is 16.1. The number of anilines is 2. The van der Waals surface area contributed by atoms with Crippen molar-refractivity contribution in [3.63, 3.8) is 0 Å². The first-order chi connectivity index (χ1) is 22.8. The Morgan fingerprint density at radius 3 is 1.67 bits per heavy atom. The Hall–Kier alpha value is -5.86. The highest BCUT2D eigenvalue weighted by Crippen LogP contribution is 2.44. The molecule has 0 bridgehead atoms. The molecule has 1 aliphatic rings. The lowest BCUT2D eigenvalue weighted by Crippen LogP contribution is -1.97. The molecule has 0 amide bonds. The summed E-state index contributed by atoms with van der Waals surface area (Å²) in [6, 6.07) is 52.8. The van der Waals surface area contributed by atoms with Crippen LogP contribution in [0.4, 0.5) is 11.4 Å². The predicted molar refractivity (Wildman–Crippen MR) is 198 cm³/mol. The molecule has 1 aliphatic carbocycles. The fourth-order valence-corrected chi connectivity index (χ4v) is 7.33. The van der Waals surface area contributed by atoms with Crippen LogP contribution >= 0.6 is 0 Å². The molecule has 0 saturated carbocycles. The van der Waals surface area contributed by atoms with Crippen molar-refractivity contribution >= 4 is 60.4 Å². The van der Waals surface area contributed by atoms with Gasteiger partial charge >= 0.3 is 0 Å². The van der Waals surface area contributed by atoms with E-state index in [9.17, 15) is 0 Å². The Morgan fingerprint density at radius 2 is 1.00 bits per heavy atom. The van der Waals surface area contributed by atoms with Crippen LogP contribution in [0.5, 0.6) is 0 Å². The van der Waals surface area contributed by atoms with E-state index >= 15 is 0 Å². The van der Waals surface area contributed by atoms with Crippen LogP contribution in [-0.4, -0.2) is 4.57 Å². The number of hydrogen-bond donors (Lipinski definition) is 1. The zero-order valence-electron chi connectivity index (χ0n) is 25.4. The average molecular weight is 589 g/mol. The molecule has 7 aromatic carbocycles. The highest BCUT2D eigenvalue weighted by Gasteiger charge is 2.18. The summed E-state index contributed by atoms with van der Waals surface area (Å²) in [6.45, 7) is 0. The van der Waals surface area contributed by atoms with E-state index < -0.39 is 0 Å². The van der Waals surface area contributed by atoms with Gasteiger partial charge in [-0.15, -0.1) is 0 Å². The van der Waals surface area contributed by atoms with E-state index in [1.807, 2.05) is 0 Å². The zero-order valence-corrected chi connectivity index (χ0v) is 25.4. The summed E-state index contributed by atoms with van der Waals surface area (Å²) in [5.41, 5.74) is 10.9. The highest BCUT2D eigenvalue weighted by molar-refractivity contribution is 6.21. The summed E-state index contributed by atoms with van der Waals surface area (Å²) < 4.78 is 2.40. The number of rotatable bonds is 5. The minimum absolute atomic E-state index is 1.07. The summed E-state index contributed by atoms with van der Waals surface area (Å²) in [5, 5.41) is 11.3. The molecule has 0 radical (unpaired) electrons. The molecule has 0 aliphatic heterocycles. The van der Waals surface area contributed by atoms with Gasteiger partial charge in [0.1, 0.15) is 0 Å². The van der Waals surface area contributed by atoms with Gasteiger partial charge < -0.3 is 9.88 Å². The normalized spacial score (nSPS) is 13.1. The Labute approximate surface area is 268 Å². The second kappa shape index (κ2) is 10.9. The summed E-state index contributed by atoms with van der Waals surface area (Å²) in [5.74, 6) is 0. The largest absolute Gasteiger partial charge is 0.356 e. The van der Waals surface area contributed by atoms with Gasteiger partial charge in [-0.1, -0.05) is 121 Å². The van der Waals surface area contributed by atoms with Crippen molar-refractivity contribution in [1.29, 1.82) is 0 Å². The molecule has 0 atom stereocenters. The second-order valence-electron chi connectivity index (χ2n) is 12.1. The lowest BCUT2D eigenvalue weighted by molar-refractivity contribution is 1.02. The van der Waals surface area contributed by atoms with E-state index in [4.69, 9.17) is 0 Å². The van der Waals surface area contributed by atoms with Gasteiger partial charge in [-0.25, -0.2) is 0 Å². The first-order valence-electron chi connectivity index (χ1n) is 16.1. The van der Waals surface area contributed by atoms with Crippen LogP contribution in [0, 0.1) is 0 Å². The summed E-state index contributed by atoms with van der Waals surface area (Å²) in [7, 11) is 0. The van der Waals surface area contributed by atoms with Crippen molar-refractivity contribution in [3.8, 4) is 22.3 Å². The number of hydrogen-bond acceptors (Lipinski definition) is 1. The monoisotopic (exact) mass is 588 g/mol. The van der Waals surface area contributed by atoms with Crippen molar-refractivity contribution in [3.05, 3.63) is 164 Å². The molecule has 8 aromatic rings. The first kappa shape index (κ1) is 26.5. The van der Waals surface area contributed by atoms with Crippen molar-refractivity contribution in [2.24, 2.45) is 0 Å². The van der Waals surface area contributed by atoms with E-state index in [0.29, 0.717) is 0 Å². The number of para-hydroxylation sites is 1. The van der Waals surface area contributed by atoms with Crippen molar-refractivity contribution in [1.82, 2.24) is 4.57 Å². The maximum atomic E-state index is 3.70. The SMILES string of the molecule is C1=CC(n2c3ccccc3c3cc(Nc4ccc(-c5c(-c6ccccc6)c6ccccc6c6ccccc56)cc4)ccc32)=CCC1. The van der Waals surface area contributed by atoms with Crippen LogP contribution in [0.15, 0.2) is 164 Å². The third kappa shape index (κ3) is 4.34. The van der Waals surface area contributed by atoms with Gasteiger partial charge in [0.05, 0.1) is 11.0 Å². The van der Waals surface area contributed by atoms with Gasteiger partial charge in [-0.2, -0.15) is 0 Å². The molecule has 218 valence electrons. The Bertz CT molecular complexity index is 2480. The molecule has 0 saturated heterocycles. The molecule has 1 aromatic heterocycles. The van der Waals surface area contributed by atoms with Crippen LogP contribution in [0.2, 0.25) is 0 Å². The van der Waals surface area contributed by atoms with Gasteiger partial charge in [-0.05, 0) is 99.1 Å². The second-order valence-corrected chi connectivity index (χ2v) is 12.1.